The fourth-order valence-corrected chi connectivity index (χ4v) is 5.51. The van der Waals surface area contributed by atoms with Crippen LogP contribution < -0.4 is 5.32 Å². The molecule has 3 aromatic heterocycles. The molecule has 1 aliphatic carbocycles. The summed E-state index contributed by atoms with van der Waals surface area (Å²) in [5, 5.41) is 4.78. The van der Waals surface area contributed by atoms with Crippen LogP contribution in [0.5, 0.6) is 0 Å². The number of thiophene rings is 1. The van der Waals surface area contributed by atoms with Crippen LogP contribution in [0.1, 0.15) is 49.4 Å². The molecule has 0 amide bonds. The van der Waals surface area contributed by atoms with Crippen LogP contribution in [0.25, 0.3) is 20.4 Å². The van der Waals surface area contributed by atoms with Crippen molar-refractivity contribution in [1.29, 1.82) is 0 Å². The van der Waals surface area contributed by atoms with Gasteiger partial charge in [-0.15, -0.1) is 11.3 Å². The Morgan fingerprint density at radius 2 is 2.15 bits per heavy atom. The summed E-state index contributed by atoms with van der Waals surface area (Å²) in [5.41, 5.74) is 5.37. The normalized spacial score (nSPS) is 19.5. The smallest absolute Gasteiger partial charge is 0.147 e. The number of nitrogens with one attached hydrogen (secondary N) is 1. The number of ether oxygens (including phenoxy) is 1. The van der Waals surface area contributed by atoms with E-state index in [1.54, 1.807) is 17.7 Å². The van der Waals surface area contributed by atoms with Gasteiger partial charge in [-0.05, 0) is 49.7 Å². The second-order valence-electron chi connectivity index (χ2n) is 7.32. The lowest BCUT2D eigenvalue weighted by Crippen LogP contribution is -2.18. The van der Waals surface area contributed by atoms with E-state index in [0.717, 1.165) is 66.1 Å². The summed E-state index contributed by atoms with van der Waals surface area (Å²) < 4.78 is 6.87. The zero-order valence-corrected chi connectivity index (χ0v) is 16.0. The van der Waals surface area contributed by atoms with Crippen molar-refractivity contribution in [2.75, 3.05) is 18.5 Å². The van der Waals surface area contributed by atoms with Crippen LogP contribution in [0, 0.1) is 0 Å². The quantitative estimate of drug-likeness (QED) is 0.729. The summed E-state index contributed by atoms with van der Waals surface area (Å²) in [6.45, 7) is 3.92. The first-order valence-corrected chi connectivity index (χ1v) is 10.6. The molecule has 1 aliphatic heterocycles. The largest absolute Gasteiger partial charge is 0.376 e. The third kappa shape index (κ3) is 2.67. The SMILES string of the molecule is CCCc1nc2sc3c(NCC4CCCO4)ncnc3c2c2c1CCC2. The molecule has 3 aromatic rings. The van der Waals surface area contributed by atoms with E-state index < -0.39 is 0 Å². The van der Waals surface area contributed by atoms with Crippen molar-refractivity contribution in [3.63, 3.8) is 0 Å². The van der Waals surface area contributed by atoms with Crippen LogP contribution in [0.2, 0.25) is 0 Å². The number of aromatic nitrogens is 3. The van der Waals surface area contributed by atoms with Gasteiger partial charge in [0.05, 0.1) is 16.3 Å². The van der Waals surface area contributed by atoms with Crippen LogP contribution in [-0.4, -0.2) is 34.2 Å². The van der Waals surface area contributed by atoms with E-state index in [0.29, 0.717) is 6.10 Å². The minimum Gasteiger partial charge on any atom is -0.376 e. The average molecular weight is 369 g/mol. The van der Waals surface area contributed by atoms with E-state index in [-0.39, 0.29) is 0 Å². The molecule has 136 valence electrons. The van der Waals surface area contributed by atoms with Gasteiger partial charge in [-0.1, -0.05) is 13.3 Å². The van der Waals surface area contributed by atoms with Gasteiger partial charge in [0.15, 0.2) is 0 Å². The molecule has 0 radical (unpaired) electrons. The predicted molar refractivity (Wildman–Crippen MR) is 106 cm³/mol. The van der Waals surface area contributed by atoms with Gasteiger partial charge in [0.25, 0.3) is 0 Å². The van der Waals surface area contributed by atoms with Gasteiger partial charge in [-0.3, -0.25) is 0 Å². The van der Waals surface area contributed by atoms with Gasteiger partial charge in [-0.2, -0.15) is 0 Å². The van der Waals surface area contributed by atoms with E-state index in [4.69, 9.17) is 9.72 Å². The minimum absolute atomic E-state index is 0.299. The predicted octanol–water partition coefficient (Wildman–Crippen LogP) is 4.27. The topological polar surface area (TPSA) is 59.9 Å². The minimum atomic E-state index is 0.299. The first kappa shape index (κ1) is 16.4. The van der Waals surface area contributed by atoms with E-state index in [1.165, 1.54) is 35.0 Å². The van der Waals surface area contributed by atoms with Crippen molar-refractivity contribution in [3.8, 4) is 0 Å². The number of hydrogen-bond donors (Lipinski definition) is 1. The van der Waals surface area contributed by atoms with Crippen LogP contribution in [0.4, 0.5) is 5.82 Å². The Hall–Kier alpha value is -1.79. The highest BCUT2D eigenvalue weighted by molar-refractivity contribution is 7.26. The molecule has 1 unspecified atom stereocenters. The molecule has 1 atom stereocenters. The highest BCUT2D eigenvalue weighted by Gasteiger charge is 2.24. The number of fused-ring (bicyclic) bond motifs is 5. The first-order chi connectivity index (χ1) is 12.8. The lowest BCUT2D eigenvalue weighted by molar-refractivity contribution is 0.120. The molecule has 4 heterocycles. The number of anilines is 1. The van der Waals surface area contributed by atoms with Crippen molar-refractivity contribution in [2.45, 2.75) is 58.0 Å². The molecule has 26 heavy (non-hydrogen) atoms. The second-order valence-corrected chi connectivity index (χ2v) is 8.32. The van der Waals surface area contributed by atoms with Crippen LogP contribution in [-0.2, 0) is 24.0 Å². The molecule has 5 nitrogen and oxygen atoms in total. The molecule has 1 fully saturated rings. The van der Waals surface area contributed by atoms with Gasteiger partial charge in [0.2, 0.25) is 0 Å². The molecule has 1 saturated heterocycles. The molecule has 0 aromatic carbocycles. The van der Waals surface area contributed by atoms with Gasteiger partial charge >= 0.3 is 0 Å². The van der Waals surface area contributed by atoms with Gasteiger partial charge < -0.3 is 10.1 Å². The highest BCUT2D eigenvalue weighted by atomic mass is 32.1. The van der Waals surface area contributed by atoms with Crippen molar-refractivity contribution in [1.82, 2.24) is 15.0 Å². The zero-order chi connectivity index (χ0) is 17.5. The average Bonchev–Trinajstić information content (AvgIpc) is 3.38. The molecular weight excluding hydrogens is 344 g/mol. The van der Waals surface area contributed by atoms with Crippen molar-refractivity contribution in [3.05, 3.63) is 23.1 Å². The van der Waals surface area contributed by atoms with E-state index in [1.807, 2.05) is 0 Å². The summed E-state index contributed by atoms with van der Waals surface area (Å²) in [6.07, 6.45) is 10.0. The summed E-state index contributed by atoms with van der Waals surface area (Å²) >= 11 is 1.74. The van der Waals surface area contributed by atoms with Crippen LogP contribution in [0.15, 0.2) is 6.33 Å². The van der Waals surface area contributed by atoms with Crippen molar-refractivity contribution >= 4 is 37.6 Å². The third-order valence-electron chi connectivity index (χ3n) is 5.57. The Balaban J connectivity index is 1.61. The monoisotopic (exact) mass is 368 g/mol. The molecule has 1 N–H and O–H groups in total. The maximum Gasteiger partial charge on any atom is 0.147 e. The van der Waals surface area contributed by atoms with E-state index in [2.05, 4.69) is 22.2 Å². The van der Waals surface area contributed by atoms with E-state index >= 15 is 0 Å². The van der Waals surface area contributed by atoms with Crippen molar-refractivity contribution < 1.29 is 4.74 Å². The number of hydrogen-bond acceptors (Lipinski definition) is 6. The molecular formula is C20H24N4OS. The Labute approximate surface area is 157 Å². The molecule has 6 heteroatoms. The van der Waals surface area contributed by atoms with Gasteiger partial charge in [0, 0.05) is 24.2 Å². The number of rotatable bonds is 5. The molecule has 0 bridgehead atoms. The highest BCUT2D eigenvalue weighted by Crippen LogP contribution is 2.41. The Bertz CT molecular complexity index is 961. The number of nitrogens with zero attached hydrogens (tertiary/aromatic N) is 3. The summed E-state index contributed by atoms with van der Waals surface area (Å²) in [7, 11) is 0. The fourth-order valence-electron chi connectivity index (χ4n) is 4.36. The third-order valence-corrected chi connectivity index (χ3v) is 6.65. The summed E-state index contributed by atoms with van der Waals surface area (Å²) in [5.74, 6) is 0.928. The zero-order valence-electron chi connectivity index (χ0n) is 15.2. The number of pyridine rings is 1. The Morgan fingerprint density at radius 3 is 3.00 bits per heavy atom. The fraction of sp³-hybridized carbons (Fsp3) is 0.550. The van der Waals surface area contributed by atoms with E-state index in [9.17, 15) is 0 Å². The van der Waals surface area contributed by atoms with Crippen molar-refractivity contribution in [2.24, 2.45) is 0 Å². The lowest BCUT2D eigenvalue weighted by atomic mass is 10.0. The molecule has 0 saturated carbocycles. The van der Waals surface area contributed by atoms with Crippen LogP contribution in [0.3, 0.4) is 0 Å². The maximum absolute atomic E-state index is 5.73. The van der Waals surface area contributed by atoms with Gasteiger partial charge in [-0.25, -0.2) is 15.0 Å². The molecule has 0 spiro atoms. The van der Waals surface area contributed by atoms with Crippen LogP contribution >= 0.6 is 11.3 Å². The molecule has 2 aliphatic rings. The summed E-state index contributed by atoms with van der Waals surface area (Å²) in [4.78, 5) is 15.4. The summed E-state index contributed by atoms with van der Waals surface area (Å²) in [6, 6.07) is 0. The standard InChI is InChI=1S/C20H24N4OS/c1-2-5-15-13-7-3-8-14(13)16-17-18(26-20(16)24-15)19(23-11-22-17)21-10-12-6-4-9-25-12/h11-12H,2-10H2,1H3,(H,21,22,23). The second kappa shape index (κ2) is 6.74. The molecule has 5 rings (SSSR count). The lowest BCUT2D eigenvalue weighted by Gasteiger charge is -2.11. The maximum atomic E-state index is 5.73. The first-order valence-electron chi connectivity index (χ1n) is 9.78. The number of aryl methyl sites for hydroxylation is 2. The Kier molecular flexibility index (Phi) is 4.25. The Morgan fingerprint density at radius 1 is 1.23 bits per heavy atom. The van der Waals surface area contributed by atoms with Gasteiger partial charge in [0.1, 0.15) is 17.0 Å².